The van der Waals surface area contributed by atoms with Crippen molar-refractivity contribution >= 4 is 11.6 Å². The highest BCUT2D eigenvalue weighted by molar-refractivity contribution is 6.31. The highest BCUT2D eigenvalue weighted by Gasteiger charge is 2.17. The van der Waals surface area contributed by atoms with E-state index in [1.54, 1.807) is 7.05 Å². The summed E-state index contributed by atoms with van der Waals surface area (Å²) in [4.78, 5) is 0. The normalized spacial score (nSPS) is 12.5. The summed E-state index contributed by atoms with van der Waals surface area (Å²) in [7, 11) is 1.61. The molecule has 0 aromatic heterocycles. The highest BCUT2D eigenvalue weighted by Crippen LogP contribution is 2.28. The van der Waals surface area contributed by atoms with Gasteiger partial charge in [-0.15, -0.1) is 0 Å². The molecule has 0 aliphatic rings. The van der Waals surface area contributed by atoms with Gasteiger partial charge in [0.25, 0.3) is 0 Å². The molecule has 1 nitrogen and oxygen atoms in total. The molecule has 0 saturated carbocycles. The van der Waals surface area contributed by atoms with E-state index in [-0.39, 0.29) is 11.4 Å². The van der Waals surface area contributed by atoms with Crippen molar-refractivity contribution in [1.82, 2.24) is 5.32 Å². The number of halogens is 5. The summed E-state index contributed by atoms with van der Waals surface area (Å²) in [5, 5.41) is 2.96. The number of rotatable bonds is 4. The molecule has 6 heteroatoms. The van der Waals surface area contributed by atoms with Crippen LogP contribution in [0.1, 0.15) is 17.2 Å². The maximum atomic E-state index is 13.3. The topological polar surface area (TPSA) is 12.0 Å². The fourth-order valence-electron chi connectivity index (χ4n) is 2.07. The van der Waals surface area contributed by atoms with Gasteiger partial charge in [0.2, 0.25) is 0 Å². The fraction of sp³-hybridized carbons (Fsp3) is 0.200. The van der Waals surface area contributed by atoms with Crippen LogP contribution in [0.15, 0.2) is 30.3 Å². The van der Waals surface area contributed by atoms with Gasteiger partial charge in [-0.25, -0.2) is 17.6 Å². The Hall–Kier alpha value is -1.59. The molecule has 0 bridgehead atoms. The molecule has 1 unspecified atom stereocenters. The second-order valence-corrected chi connectivity index (χ2v) is 4.99. The third-order valence-corrected chi connectivity index (χ3v) is 3.51. The quantitative estimate of drug-likeness (QED) is 0.651. The largest absolute Gasteiger partial charge is 0.313 e. The minimum Gasteiger partial charge on any atom is -0.313 e. The Morgan fingerprint density at radius 1 is 0.952 bits per heavy atom. The van der Waals surface area contributed by atoms with Crippen molar-refractivity contribution in [2.45, 2.75) is 12.5 Å². The SMILES string of the molecule is CNC(Cc1ccc(F)c(F)c1)c1cc(F)c(F)cc1Cl. The van der Waals surface area contributed by atoms with Crippen LogP contribution >= 0.6 is 11.6 Å². The van der Waals surface area contributed by atoms with Gasteiger partial charge in [-0.3, -0.25) is 0 Å². The van der Waals surface area contributed by atoms with Gasteiger partial charge in [-0.05, 0) is 48.9 Å². The van der Waals surface area contributed by atoms with Crippen LogP contribution in [0.25, 0.3) is 0 Å². The molecule has 0 amide bonds. The van der Waals surface area contributed by atoms with E-state index < -0.39 is 29.3 Å². The third-order valence-electron chi connectivity index (χ3n) is 3.19. The Labute approximate surface area is 124 Å². The molecule has 112 valence electrons. The van der Waals surface area contributed by atoms with Gasteiger partial charge < -0.3 is 5.32 Å². The molecule has 2 aromatic rings. The van der Waals surface area contributed by atoms with Crippen molar-refractivity contribution in [3.8, 4) is 0 Å². The van der Waals surface area contributed by atoms with Crippen LogP contribution in [-0.2, 0) is 6.42 Å². The van der Waals surface area contributed by atoms with Crippen LogP contribution in [0.5, 0.6) is 0 Å². The zero-order valence-electron chi connectivity index (χ0n) is 11.1. The molecule has 2 rings (SSSR count). The fourth-order valence-corrected chi connectivity index (χ4v) is 2.36. The first-order valence-corrected chi connectivity index (χ1v) is 6.55. The predicted molar refractivity (Wildman–Crippen MR) is 73.2 cm³/mol. The smallest absolute Gasteiger partial charge is 0.160 e. The maximum Gasteiger partial charge on any atom is 0.160 e. The van der Waals surface area contributed by atoms with E-state index in [4.69, 9.17) is 11.6 Å². The highest BCUT2D eigenvalue weighted by atomic mass is 35.5. The second-order valence-electron chi connectivity index (χ2n) is 4.58. The number of hydrogen-bond acceptors (Lipinski definition) is 1. The van der Waals surface area contributed by atoms with Crippen molar-refractivity contribution in [1.29, 1.82) is 0 Å². The maximum absolute atomic E-state index is 13.3. The molecule has 0 aliphatic carbocycles. The van der Waals surface area contributed by atoms with Gasteiger partial charge in [0.15, 0.2) is 23.3 Å². The molecule has 0 heterocycles. The molecule has 2 aromatic carbocycles. The van der Waals surface area contributed by atoms with Crippen LogP contribution in [-0.4, -0.2) is 7.05 Å². The van der Waals surface area contributed by atoms with Gasteiger partial charge >= 0.3 is 0 Å². The number of hydrogen-bond donors (Lipinski definition) is 1. The summed E-state index contributed by atoms with van der Waals surface area (Å²) in [5.41, 5.74) is 0.858. The van der Waals surface area contributed by atoms with E-state index in [0.29, 0.717) is 11.1 Å². The lowest BCUT2D eigenvalue weighted by molar-refractivity contribution is 0.498. The average molecular weight is 318 g/mol. The van der Waals surface area contributed by atoms with Crippen molar-refractivity contribution in [3.63, 3.8) is 0 Å². The third kappa shape index (κ3) is 3.54. The molecule has 0 aliphatic heterocycles. The van der Waals surface area contributed by atoms with Crippen molar-refractivity contribution < 1.29 is 17.6 Å². The lowest BCUT2D eigenvalue weighted by Crippen LogP contribution is -2.19. The second kappa shape index (κ2) is 6.45. The number of likely N-dealkylation sites (N-methyl/N-ethyl adjacent to an activating group) is 1. The molecular formula is C15H12ClF4N. The van der Waals surface area contributed by atoms with Crippen LogP contribution in [0.3, 0.4) is 0 Å². The van der Waals surface area contributed by atoms with E-state index in [1.807, 2.05) is 0 Å². The molecule has 0 fully saturated rings. The minimum absolute atomic E-state index is 0.0656. The molecular weight excluding hydrogens is 306 g/mol. The van der Waals surface area contributed by atoms with Crippen LogP contribution < -0.4 is 5.32 Å². The molecule has 1 N–H and O–H groups in total. The van der Waals surface area contributed by atoms with E-state index in [0.717, 1.165) is 24.3 Å². The molecule has 1 atom stereocenters. The molecule has 21 heavy (non-hydrogen) atoms. The lowest BCUT2D eigenvalue weighted by Gasteiger charge is -2.18. The Morgan fingerprint density at radius 2 is 1.57 bits per heavy atom. The zero-order chi connectivity index (χ0) is 15.6. The summed E-state index contributed by atoms with van der Waals surface area (Å²) >= 11 is 5.92. The number of nitrogens with one attached hydrogen (secondary N) is 1. The first-order chi connectivity index (χ1) is 9.92. The lowest BCUT2D eigenvalue weighted by atomic mass is 9.98. The Bertz CT molecular complexity index is 660. The first kappa shape index (κ1) is 15.8. The van der Waals surface area contributed by atoms with Crippen molar-refractivity contribution in [2.24, 2.45) is 0 Å². The predicted octanol–water partition coefficient (Wildman–Crippen LogP) is 4.40. The molecule has 0 radical (unpaired) electrons. The van der Waals surface area contributed by atoms with Crippen molar-refractivity contribution in [2.75, 3.05) is 7.05 Å². The summed E-state index contributed by atoms with van der Waals surface area (Å²) < 4.78 is 52.5. The number of benzene rings is 2. The minimum atomic E-state index is -1.04. The van der Waals surface area contributed by atoms with Gasteiger partial charge in [0.1, 0.15) is 0 Å². The standard InChI is InChI=1S/C15H12ClF4N/c1-21-15(5-8-2-3-11(17)12(18)4-8)9-6-13(19)14(20)7-10(9)16/h2-4,6-7,15,21H,5H2,1H3. The van der Waals surface area contributed by atoms with E-state index >= 15 is 0 Å². The Balaban J connectivity index is 2.31. The first-order valence-electron chi connectivity index (χ1n) is 6.18. The van der Waals surface area contributed by atoms with Gasteiger partial charge in [0, 0.05) is 11.1 Å². The van der Waals surface area contributed by atoms with Gasteiger partial charge in [-0.1, -0.05) is 17.7 Å². The summed E-state index contributed by atoms with van der Waals surface area (Å²) in [6.07, 6.45) is 0.249. The Morgan fingerprint density at radius 3 is 2.19 bits per heavy atom. The van der Waals surface area contributed by atoms with Gasteiger partial charge in [-0.2, -0.15) is 0 Å². The van der Waals surface area contributed by atoms with Crippen LogP contribution in [0, 0.1) is 23.3 Å². The van der Waals surface area contributed by atoms with E-state index in [1.165, 1.54) is 6.07 Å². The summed E-state index contributed by atoms with van der Waals surface area (Å²) in [6.45, 7) is 0. The average Bonchev–Trinajstić information content (AvgIpc) is 2.44. The van der Waals surface area contributed by atoms with E-state index in [2.05, 4.69) is 5.32 Å². The van der Waals surface area contributed by atoms with Gasteiger partial charge in [0.05, 0.1) is 0 Å². The zero-order valence-corrected chi connectivity index (χ0v) is 11.8. The van der Waals surface area contributed by atoms with Crippen LogP contribution in [0.2, 0.25) is 5.02 Å². The Kier molecular flexibility index (Phi) is 4.85. The van der Waals surface area contributed by atoms with E-state index in [9.17, 15) is 17.6 Å². The molecule has 0 saturated heterocycles. The van der Waals surface area contributed by atoms with Crippen LogP contribution in [0.4, 0.5) is 17.6 Å². The monoisotopic (exact) mass is 317 g/mol. The summed E-state index contributed by atoms with van der Waals surface area (Å²) in [6, 6.07) is 4.94. The molecule has 0 spiro atoms. The van der Waals surface area contributed by atoms with Crippen molar-refractivity contribution in [3.05, 3.63) is 69.8 Å². The summed E-state index contributed by atoms with van der Waals surface area (Å²) in [5.74, 6) is -3.95.